The molecule has 0 amide bonds. The van der Waals surface area contributed by atoms with Crippen LogP contribution < -0.4 is 0 Å². The molecule has 0 aliphatic carbocycles. The fourth-order valence-corrected chi connectivity index (χ4v) is 2.11. The Bertz CT molecular complexity index is 317. The Balaban J connectivity index is 2.56. The molecule has 0 fully saturated rings. The molecule has 0 atom stereocenters. The average molecular weight is 219 g/mol. The van der Waals surface area contributed by atoms with Crippen molar-refractivity contribution in [2.24, 2.45) is 0 Å². The van der Waals surface area contributed by atoms with Gasteiger partial charge in [0.1, 0.15) is 0 Å². The van der Waals surface area contributed by atoms with Crippen molar-refractivity contribution in [3.63, 3.8) is 0 Å². The van der Waals surface area contributed by atoms with Crippen LogP contribution in [0.5, 0.6) is 0 Å². The molecule has 0 unspecified atom stereocenters. The summed E-state index contributed by atoms with van der Waals surface area (Å²) < 4.78 is 0. The molecule has 1 aromatic rings. The normalized spacial score (nSPS) is 11.1. The minimum atomic E-state index is 1.17. The molecule has 90 valence electrons. The average Bonchev–Trinajstić information content (AvgIpc) is 2.29. The monoisotopic (exact) mass is 219 g/mol. The molecular formula is C15H25N. The molecule has 0 spiro atoms. The van der Waals surface area contributed by atoms with Crippen LogP contribution in [-0.4, -0.2) is 24.5 Å². The van der Waals surface area contributed by atoms with E-state index in [0.717, 1.165) is 0 Å². The first-order valence-corrected chi connectivity index (χ1v) is 6.46. The largest absolute Gasteiger partial charge is 0.303 e. The van der Waals surface area contributed by atoms with Crippen molar-refractivity contribution in [3.05, 3.63) is 34.9 Å². The lowest BCUT2D eigenvalue weighted by Crippen LogP contribution is -2.26. The minimum Gasteiger partial charge on any atom is -0.303 e. The second-order valence-corrected chi connectivity index (χ2v) is 4.54. The van der Waals surface area contributed by atoms with E-state index in [-0.39, 0.29) is 0 Å². The highest BCUT2D eigenvalue weighted by Crippen LogP contribution is 2.13. The zero-order valence-corrected chi connectivity index (χ0v) is 11.2. The molecule has 0 heterocycles. The van der Waals surface area contributed by atoms with Gasteiger partial charge < -0.3 is 4.90 Å². The van der Waals surface area contributed by atoms with Gasteiger partial charge in [0.05, 0.1) is 0 Å². The molecule has 16 heavy (non-hydrogen) atoms. The first-order valence-electron chi connectivity index (χ1n) is 6.46. The Morgan fingerprint density at radius 3 is 2.44 bits per heavy atom. The second kappa shape index (κ2) is 6.70. The fraction of sp³-hybridized carbons (Fsp3) is 0.600. The van der Waals surface area contributed by atoms with Crippen molar-refractivity contribution in [1.29, 1.82) is 0 Å². The van der Waals surface area contributed by atoms with E-state index in [1.807, 2.05) is 0 Å². The Kier molecular flexibility index (Phi) is 5.54. The van der Waals surface area contributed by atoms with Gasteiger partial charge in [0.25, 0.3) is 0 Å². The lowest BCUT2D eigenvalue weighted by atomic mass is 10.0. The summed E-state index contributed by atoms with van der Waals surface area (Å²) in [5.74, 6) is 0. The number of rotatable bonds is 6. The summed E-state index contributed by atoms with van der Waals surface area (Å²) in [6.07, 6.45) is 2.43. The number of hydrogen-bond donors (Lipinski definition) is 0. The first kappa shape index (κ1) is 13.2. The molecule has 0 saturated carbocycles. The summed E-state index contributed by atoms with van der Waals surface area (Å²) in [4.78, 5) is 2.53. The Hall–Kier alpha value is -0.820. The van der Waals surface area contributed by atoms with Crippen molar-refractivity contribution >= 4 is 0 Å². The molecule has 0 aliphatic heterocycles. The number of likely N-dealkylation sites (N-methyl/N-ethyl adjacent to an activating group) is 1. The lowest BCUT2D eigenvalue weighted by molar-refractivity contribution is 0.292. The van der Waals surface area contributed by atoms with Gasteiger partial charge in [-0.25, -0.2) is 0 Å². The van der Waals surface area contributed by atoms with Crippen molar-refractivity contribution < 1.29 is 0 Å². The van der Waals surface area contributed by atoms with E-state index in [4.69, 9.17) is 0 Å². The Morgan fingerprint density at radius 1 is 1.06 bits per heavy atom. The van der Waals surface area contributed by atoms with Crippen LogP contribution in [0.2, 0.25) is 0 Å². The highest BCUT2D eigenvalue weighted by atomic mass is 15.1. The van der Waals surface area contributed by atoms with E-state index in [2.05, 4.69) is 50.8 Å². The van der Waals surface area contributed by atoms with Crippen LogP contribution in [0.25, 0.3) is 0 Å². The molecule has 0 aliphatic rings. The third-order valence-electron chi connectivity index (χ3n) is 3.40. The fourth-order valence-electron chi connectivity index (χ4n) is 2.11. The maximum Gasteiger partial charge on any atom is 0.00218 e. The van der Waals surface area contributed by atoms with E-state index in [1.165, 1.54) is 49.2 Å². The number of hydrogen-bond acceptors (Lipinski definition) is 1. The number of nitrogens with zero attached hydrogens (tertiary/aromatic N) is 1. The zero-order valence-electron chi connectivity index (χ0n) is 11.2. The lowest BCUT2D eigenvalue weighted by Gasteiger charge is -2.20. The quantitative estimate of drug-likeness (QED) is 0.707. The molecule has 0 radical (unpaired) electrons. The van der Waals surface area contributed by atoms with Crippen molar-refractivity contribution in [1.82, 2.24) is 4.90 Å². The van der Waals surface area contributed by atoms with Crippen LogP contribution in [0.15, 0.2) is 18.2 Å². The van der Waals surface area contributed by atoms with Gasteiger partial charge in [-0.05, 0) is 56.5 Å². The molecule has 1 heteroatoms. The third kappa shape index (κ3) is 3.64. The van der Waals surface area contributed by atoms with E-state index in [9.17, 15) is 0 Å². The number of aryl methyl sites for hydroxylation is 1. The van der Waals surface area contributed by atoms with Gasteiger partial charge in [0, 0.05) is 6.54 Å². The predicted molar refractivity (Wildman–Crippen MR) is 72.0 cm³/mol. The summed E-state index contributed by atoms with van der Waals surface area (Å²) in [6, 6.07) is 6.64. The van der Waals surface area contributed by atoms with Gasteiger partial charge >= 0.3 is 0 Å². The summed E-state index contributed by atoms with van der Waals surface area (Å²) in [7, 11) is 0. The van der Waals surface area contributed by atoms with E-state index >= 15 is 0 Å². The van der Waals surface area contributed by atoms with Gasteiger partial charge in [-0.2, -0.15) is 0 Å². The van der Waals surface area contributed by atoms with E-state index in [0.29, 0.717) is 0 Å². The Labute approximate surface area is 100 Å². The molecule has 0 aromatic heterocycles. The molecule has 1 nitrogen and oxygen atoms in total. The van der Waals surface area contributed by atoms with Crippen LogP contribution in [-0.2, 0) is 6.42 Å². The first-order chi connectivity index (χ1) is 7.69. The minimum absolute atomic E-state index is 1.17. The third-order valence-corrected chi connectivity index (χ3v) is 3.40. The molecule has 0 saturated heterocycles. The van der Waals surface area contributed by atoms with Crippen LogP contribution in [0.3, 0.4) is 0 Å². The Morgan fingerprint density at radius 2 is 1.81 bits per heavy atom. The van der Waals surface area contributed by atoms with Gasteiger partial charge in [-0.15, -0.1) is 0 Å². The predicted octanol–water partition coefficient (Wildman–Crippen LogP) is 3.58. The SMILES string of the molecule is CCCN(CC)CCc1cccc(C)c1C. The molecule has 0 N–H and O–H groups in total. The summed E-state index contributed by atoms with van der Waals surface area (Å²) >= 11 is 0. The van der Waals surface area contributed by atoms with Crippen LogP contribution >= 0.6 is 0 Å². The molecule has 0 bridgehead atoms. The van der Waals surface area contributed by atoms with Crippen LogP contribution in [0.4, 0.5) is 0 Å². The van der Waals surface area contributed by atoms with Gasteiger partial charge in [0.2, 0.25) is 0 Å². The van der Waals surface area contributed by atoms with Crippen molar-refractivity contribution in [2.45, 2.75) is 40.5 Å². The second-order valence-electron chi connectivity index (χ2n) is 4.54. The highest BCUT2D eigenvalue weighted by molar-refractivity contribution is 5.33. The maximum atomic E-state index is 2.53. The summed E-state index contributed by atoms with van der Waals surface area (Å²) in [6.45, 7) is 12.5. The number of benzene rings is 1. The zero-order chi connectivity index (χ0) is 12.0. The van der Waals surface area contributed by atoms with Crippen molar-refractivity contribution in [2.75, 3.05) is 19.6 Å². The molecule has 1 rings (SSSR count). The topological polar surface area (TPSA) is 3.24 Å². The van der Waals surface area contributed by atoms with Crippen LogP contribution in [0, 0.1) is 13.8 Å². The summed E-state index contributed by atoms with van der Waals surface area (Å²) in [5, 5.41) is 0. The van der Waals surface area contributed by atoms with E-state index < -0.39 is 0 Å². The van der Waals surface area contributed by atoms with Gasteiger partial charge in [-0.3, -0.25) is 0 Å². The molecular weight excluding hydrogens is 194 g/mol. The van der Waals surface area contributed by atoms with Gasteiger partial charge in [-0.1, -0.05) is 32.0 Å². The summed E-state index contributed by atoms with van der Waals surface area (Å²) in [5.41, 5.74) is 4.39. The highest BCUT2D eigenvalue weighted by Gasteiger charge is 2.04. The van der Waals surface area contributed by atoms with E-state index in [1.54, 1.807) is 0 Å². The smallest absolute Gasteiger partial charge is 0.00218 e. The molecule has 1 aromatic carbocycles. The van der Waals surface area contributed by atoms with Crippen molar-refractivity contribution in [3.8, 4) is 0 Å². The van der Waals surface area contributed by atoms with Gasteiger partial charge in [0.15, 0.2) is 0 Å². The standard InChI is InChI=1S/C15H25N/c1-5-11-16(6-2)12-10-15-9-7-8-13(3)14(15)4/h7-9H,5-6,10-12H2,1-4H3. The van der Waals surface area contributed by atoms with Crippen LogP contribution in [0.1, 0.15) is 37.0 Å². The maximum absolute atomic E-state index is 2.53.